The minimum atomic E-state index is -1.36. The largest absolute Gasteiger partial charge is 0.464 e. The van der Waals surface area contributed by atoms with E-state index in [0.29, 0.717) is 0 Å². The van der Waals surface area contributed by atoms with E-state index in [1.54, 1.807) is 12.2 Å². The van der Waals surface area contributed by atoms with Crippen LogP contribution in [0.15, 0.2) is 36.5 Å². The molecular formula is C14H14N2O4. The van der Waals surface area contributed by atoms with Gasteiger partial charge in [-0.25, -0.2) is 4.79 Å². The standard InChI is InChI=1S/C14H14N2O4/c1-20-14(17)13(16(18)19)8-4-5-10-9-15-12-7-3-2-6-11(10)12/h2-7,9,13,15H,8H2,1H3/b5-4+. The number of carbonyl (C=O) groups excluding carboxylic acids is 1. The lowest BCUT2D eigenvalue weighted by atomic mass is 10.1. The summed E-state index contributed by atoms with van der Waals surface area (Å²) < 4.78 is 4.41. The van der Waals surface area contributed by atoms with Gasteiger partial charge in [0.25, 0.3) is 0 Å². The molecule has 2 aromatic rings. The molecule has 0 aliphatic rings. The Balaban J connectivity index is 2.13. The third-order valence-corrected chi connectivity index (χ3v) is 3.01. The molecule has 1 N–H and O–H groups in total. The van der Waals surface area contributed by atoms with Crippen molar-refractivity contribution in [3.8, 4) is 0 Å². The minimum absolute atomic E-state index is 0.000813. The van der Waals surface area contributed by atoms with Gasteiger partial charge < -0.3 is 9.72 Å². The van der Waals surface area contributed by atoms with Crippen LogP contribution in [0.1, 0.15) is 12.0 Å². The van der Waals surface area contributed by atoms with E-state index in [2.05, 4.69) is 9.72 Å². The number of H-pyrrole nitrogens is 1. The van der Waals surface area contributed by atoms with Gasteiger partial charge in [-0.15, -0.1) is 0 Å². The van der Waals surface area contributed by atoms with E-state index < -0.39 is 16.9 Å². The molecule has 0 aliphatic carbocycles. The number of hydrogen-bond acceptors (Lipinski definition) is 4. The molecular weight excluding hydrogens is 260 g/mol. The number of methoxy groups -OCH3 is 1. The first kappa shape index (κ1) is 13.8. The van der Waals surface area contributed by atoms with Crippen molar-refractivity contribution in [2.45, 2.75) is 12.5 Å². The highest BCUT2D eigenvalue weighted by Gasteiger charge is 2.28. The van der Waals surface area contributed by atoms with Gasteiger partial charge in [-0.1, -0.05) is 30.4 Å². The van der Waals surface area contributed by atoms with Crippen LogP contribution in [0.4, 0.5) is 0 Å². The molecule has 0 aliphatic heterocycles. The first-order chi connectivity index (χ1) is 9.63. The fraction of sp³-hybridized carbons (Fsp3) is 0.214. The number of hydrogen-bond donors (Lipinski definition) is 1. The summed E-state index contributed by atoms with van der Waals surface area (Å²) in [6.45, 7) is 0. The van der Waals surface area contributed by atoms with Crippen LogP contribution in [0.25, 0.3) is 17.0 Å². The number of rotatable bonds is 5. The van der Waals surface area contributed by atoms with Crippen LogP contribution in [-0.2, 0) is 9.53 Å². The van der Waals surface area contributed by atoms with E-state index >= 15 is 0 Å². The van der Waals surface area contributed by atoms with Gasteiger partial charge in [-0.3, -0.25) is 10.1 Å². The van der Waals surface area contributed by atoms with Crippen molar-refractivity contribution in [3.63, 3.8) is 0 Å². The molecule has 0 spiro atoms. The maximum Gasteiger partial charge on any atom is 0.381 e. The molecule has 20 heavy (non-hydrogen) atoms. The fourth-order valence-electron chi connectivity index (χ4n) is 1.96. The number of esters is 1. The minimum Gasteiger partial charge on any atom is -0.464 e. The topological polar surface area (TPSA) is 85.2 Å². The lowest BCUT2D eigenvalue weighted by molar-refractivity contribution is -0.509. The van der Waals surface area contributed by atoms with Gasteiger partial charge in [0.1, 0.15) is 0 Å². The van der Waals surface area contributed by atoms with Crippen molar-refractivity contribution in [2.75, 3.05) is 7.11 Å². The molecule has 1 aromatic carbocycles. The van der Waals surface area contributed by atoms with Crippen molar-refractivity contribution in [1.82, 2.24) is 4.98 Å². The Kier molecular flexibility index (Phi) is 4.14. The molecule has 0 saturated carbocycles. The summed E-state index contributed by atoms with van der Waals surface area (Å²) in [5.74, 6) is -0.835. The average Bonchev–Trinajstić information content (AvgIpc) is 2.86. The van der Waals surface area contributed by atoms with E-state index in [-0.39, 0.29) is 6.42 Å². The molecule has 6 heteroatoms. The number of ether oxygens (including phenoxy) is 1. The van der Waals surface area contributed by atoms with Crippen LogP contribution in [0.3, 0.4) is 0 Å². The molecule has 0 radical (unpaired) electrons. The summed E-state index contributed by atoms with van der Waals surface area (Å²) in [5.41, 5.74) is 1.92. The summed E-state index contributed by atoms with van der Waals surface area (Å²) in [4.78, 5) is 24.5. The first-order valence-electron chi connectivity index (χ1n) is 6.07. The highest BCUT2D eigenvalue weighted by atomic mass is 16.6. The quantitative estimate of drug-likeness (QED) is 0.515. The molecule has 1 unspecified atom stereocenters. The van der Waals surface area contributed by atoms with Gasteiger partial charge in [0.2, 0.25) is 0 Å². The first-order valence-corrected chi connectivity index (χ1v) is 6.07. The number of nitrogens with zero attached hydrogens (tertiary/aromatic N) is 1. The molecule has 0 saturated heterocycles. The van der Waals surface area contributed by atoms with E-state index in [1.165, 1.54) is 0 Å². The van der Waals surface area contributed by atoms with Crippen LogP contribution in [0, 0.1) is 10.1 Å². The second kappa shape index (κ2) is 6.01. The van der Waals surface area contributed by atoms with E-state index in [9.17, 15) is 14.9 Å². The Morgan fingerprint density at radius 2 is 2.25 bits per heavy atom. The number of fused-ring (bicyclic) bond motifs is 1. The van der Waals surface area contributed by atoms with Gasteiger partial charge in [-0.2, -0.15) is 0 Å². The van der Waals surface area contributed by atoms with Crippen molar-refractivity contribution in [3.05, 3.63) is 52.2 Å². The van der Waals surface area contributed by atoms with E-state index in [4.69, 9.17) is 0 Å². The highest BCUT2D eigenvalue weighted by molar-refractivity contribution is 5.88. The van der Waals surface area contributed by atoms with Gasteiger partial charge in [0.05, 0.1) is 7.11 Å². The Morgan fingerprint density at radius 3 is 2.95 bits per heavy atom. The number of benzene rings is 1. The van der Waals surface area contributed by atoms with Crippen LogP contribution in [0.5, 0.6) is 0 Å². The molecule has 6 nitrogen and oxygen atoms in total. The van der Waals surface area contributed by atoms with Crippen LogP contribution in [-0.4, -0.2) is 29.0 Å². The lowest BCUT2D eigenvalue weighted by Gasteiger charge is -2.03. The molecule has 0 fully saturated rings. The summed E-state index contributed by atoms with van der Waals surface area (Å²) in [6.07, 6.45) is 5.19. The molecule has 1 aromatic heterocycles. The van der Waals surface area contributed by atoms with E-state index in [0.717, 1.165) is 23.6 Å². The van der Waals surface area contributed by atoms with Gasteiger partial charge >= 0.3 is 12.0 Å². The zero-order chi connectivity index (χ0) is 14.5. The van der Waals surface area contributed by atoms with Gasteiger partial charge in [-0.05, 0) is 11.6 Å². The monoisotopic (exact) mass is 274 g/mol. The van der Waals surface area contributed by atoms with Gasteiger partial charge in [0.15, 0.2) is 0 Å². The normalized spacial score (nSPS) is 12.7. The Hall–Kier alpha value is -2.63. The van der Waals surface area contributed by atoms with Crippen molar-refractivity contribution >= 4 is 22.9 Å². The Labute approximate surface area is 115 Å². The molecule has 1 heterocycles. The zero-order valence-electron chi connectivity index (χ0n) is 10.9. The van der Waals surface area contributed by atoms with Crippen molar-refractivity contribution in [1.29, 1.82) is 0 Å². The predicted octanol–water partition coefficient (Wildman–Crippen LogP) is 2.39. The fourth-order valence-corrected chi connectivity index (χ4v) is 1.96. The number of aromatic amines is 1. The molecule has 0 bridgehead atoms. The van der Waals surface area contributed by atoms with Crippen molar-refractivity contribution in [2.24, 2.45) is 0 Å². The second-order valence-corrected chi connectivity index (χ2v) is 4.25. The molecule has 2 rings (SSSR count). The SMILES string of the molecule is COC(=O)C(C/C=C/c1c[nH]c2ccccc12)[N+](=O)[O-]. The zero-order valence-corrected chi connectivity index (χ0v) is 10.9. The summed E-state index contributed by atoms with van der Waals surface area (Å²) in [7, 11) is 1.14. The Bertz CT molecular complexity index is 660. The third-order valence-electron chi connectivity index (χ3n) is 3.01. The highest BCUT2D eigenvalue weighted by Crippen LogP contribution is 2.19. The number of para-hydroxylation sites is 1. The van der Waals surface area contributed by atoms with Crippen LogP contribution >= 0.6 is 0 Å². The number of carbonyl (C=O) groups is 1. The Morgan fingerprint density at radius 1 is 1.50 bits per heavy atom. The third kappa shape index (κ3) is 2.85. The number of nitrogens with one attached hydrogen (secondary N) is 1. The van der Waals surface area contributed by atoms with Crippen LogP contribution in [0.2, 0.25) is 0 Å². The molecule has 1 atom stereocenters. The molecule has 104 valence electrons. The number of nitro groups is 1. The number of aromatic nitrogens is 1. The average molecular weight is 274 g/mol. The second-order valence-electron chi connectivity index (χ2n) is 4.25. The maximum absolute atomic E-state index is 11.3. The maximum atomic E-state index is 11.3. The summed E-state index contributed by atoms with van der Waals surface area (Å²) in [5, 5.41) is 11.8. The van der Waals surface area contributed by atoms with Gasteiger partial charge in [0, 0.05) is 28.4 Å². The smallest absolute Gasteiger partial charge is 0.381 e. The summed E-state index contributed by atoms with van der Waals surface area (Å²) >= 11 is 0. The predicted molar refractivity (Wildman–Crippen MR) is 74.7 cm³/mol. The van der Waals surface area contributed by atoms with Crippen molar-refractivity contribution < 1.29 is 14.5 Å². The summed E-state index contributed by atoms with van der Waals surface area (Å²) in [6, 6.07) is 6.38. The molecule has 0 amide bonds. The van der Waals surface area contributed by atoms with Crippen LogP contribution < -0.4 is 0 Å². The van der Waals surface area contributed by atoms with E-state index in [1.807, 2.05) is 30.5 Å². The lowest BCUT2D eigenvalue weighted by Crippen LogP contribution is -2.29.